The van der Waals surface area contributed by atoms with Crippen LogP contribution in [-0.4, -0.2) is 56.4 Å². The zero-order chi connectivity index (χ0) is 13.4. The number of methoxy groups -OCH3 is 2. The van der Waals surface area contributed by atoms with Crippen LogP contribution < -0.4 is 10.6 Å². The van der Waals surface area contributed by atoms with Crippen molar-refractivity contribution in [2.75, 3.05) is 39.7 Å². The lowest BCUT2D eigenvalue weighted by Gasteiger charge is -2.14. The molecule has 0 saturated carbocycles. The highest BCUT2D eigenvalue weighted by Crippen LogP contribution is 2.00. The zero-order valence-corrected chi connectivity index (χ0v) is 10.8. The fourth-order valence-electron chi connectivity index (χ4n) is 1.29. The van der Waals surface area contributed by atoms with Crippen LogP contribution in [0.15, 0.2) is 12.4 Å². The molecule has 0 aliphatic rings. The third kappa shape index (κ3) is 4.27. The van der Waals surface area contributed by atoms with Gasteiger partial charge in [-0.25, -0.2) is 4.98 Å². The van der Waals surface area contributed by atoms with Crippen molar-refractivity contribution in [1.82, 2.24) is 15.3 Å². The fraction of sp³-hybridized carbons (Fsp3) is 0.545. The van der Waals surface area contributed by atoms with Crippen LogP contribution in [0, 0.1) is 0 Å². The van der Waals surface area contributed by atoms with Crippen LogP contribution in [0.25, 0.3) is 0 Å². The van der Waals surface area contributed by atoms with Crippen LogP contribution in [0.3, 0.4) is 0 Å². The molecule has 1 amide bonds. The summed E-state index contributed by atoms with van der Waals surface area (Å²) in [7, 11) is 4.86. The number of nitrogens with one attached hydrogen (secondary N) is 2. The monoisotopic (exact) mass is 254 g/mol. The molecule has 0 aliphatic carbocycles. The molecular weight excluding hydrogens is 236 g/mol. The van der Waals surface area contributed by atoms with E-state index in [1.807, 2.05) is 0 Å². The molecule has 0 spiro atoms. The van der Waals surface area contributed by atoms with E-state index >= 15 is 0 Å². The second kappa shape index (κ2) is 7.57. The number of rotatable bonds is 7. The first-order valence-electron chi connectivity index (χ1n) is 5.51. The normalized spacial score (nSPS) is 11.9. The summed E-state index contributed by atoms with van der Waals surface area (Å²) in [5, 5.41) is 5.53. The minimum Gasteiger partial charge on any atom is -0.382 e. The highest BCUT2D eigenvalue weighted by molar-refractivity contribution is 5.92. The van der Waals surface area contributed by atoms with Gasteiger partial charge in [0.15, 0.2) is 0 Å². The van der Waals surface area contributed by atoms with Gasteiger partial charge in [0.1, 0.15) is 11.5 Å². The standard InChI is InChI=1S/C11H18N4O3/c1-12-10-6-13-5-9(15-10)11(16)14-4-8(18-3)7-17-2/h5-6,8H,4,7H2,1-3H3,(H,12,15)(H,14,16). The van der Waals surface area contributed by atoms with Crippen LogP contribution in [-0.2, 0) is 9.47 Å². The Kier molecular flexibility index (Phi) is 6.03. The van der Waals surface area contributed by atoms with Crippen molar-refractivity contribution in [2.45, 2.75) is 6.10 Å². The maximum Gasteiger partial charge on any atom is 0.271 e. The predicted octanol–water partition coefficient (Wildman–Crippen LogP) is -0.0905. The highest BCUT2D eigenvalue weighted by atomic mass is 16.5. The van der Waals surface area contributed by atoms with Crippen LogP contribution in [0.5, 0.6) is 0 Å². The van der Waals surface area contributed by atoms with Gasteiger partial charge in [0.05, 0.1) is 25.1 Å². The Labute approximate surface area is 106 Å². The molecule has 0 fully saturated rings. The van der Waals surface area contributed by atoms with E-state index in [2.05, 4.69) is 20.6 Å². The van der Waals surface area contributed by atoms with E-state index in [1.54, 1.807) is 27.5 Å². The molecule has 1 rings (SSSR count). The molecule has 1 heterocycles. The van der Waals surface area contributed by atoms with Gasteiger partial charge in [0, 0.05) is 27.8 Å². The summed E-state index contributed by atoms with van der Waals surface area (Å²) in [5.74, 6) is 0.251. The number of anilines is 1. The molecule has 2 N–H and O–H groups in total. The zero-order valence-electron chi connectivity index (χ0n) is 10.8. The predicted molar refractivity (Wildman–Crippen MR) is 66.6 cm³/mol. The Morgan fingerprint density at radius 3 is 2.83 bits per heavy atom. The van der Waals surface area contributed by atoms with Gasteiger partial charge in [0.2, 0.25) is 0 Å². The van der Waals surface area contributed by atoms with E-state index in [4.69, 9.17) is 9.47 Å². The van der Waals surface area contributed by atoms with E-state index in [-0.39, 0.29) is 17.7 Å². The van der Waals surface area contributed by atoms with Gasteiger partial charge in [-0.2, -0.15) is 0 Å². The summed E-state index contributed by atoms with van der Waals surface area (Å²) in [5.41, 5.74) is 0.258. The van der Waals surface area contributed by atoms with Crippen molar-refractivity contribution in [1.29, 1.82) is 0 Å². The first kappa shape index (κ1) is 14.3. The first-order valence-corrected chi connectivity index (χ1v) is 5.51. The molecule has 0 aromatic carbocycles. The lowest BCUT2D eigenvalue weighted by molar-refractivity contribution is 0.0285. The van der Waals surface area contributed by atoms with Gasteiger partial charge in [-0.05, 0) is 0 Å². The highest BCUT2D eigenvalue weighted by Gasteiger charge is 2.12. The molecule has 1 aromatic heterocycles. The Balaban J connectivity index is 2.53. The minimum atomic E-state index is -0.294. The fourth-order valence-corrected chi connectivity index (χ4v) is 1.29. The van der Waals surface area contributed by atoms with Crippen LogP contribution in [0.2, 0.25) is 0 Å². The molecule has 7 heteroatoms. The third-order valence-corrected chi connectivity index (χ3v) is 2.30. The number of carbonyl (C=O) groups excluding carboxylic acids is 1. The Morgan fingerprint density at radius 1 is 1.44 bits per heavy atom. The van der Waals surface area contributed by atoms with Crippen LogP contribution >= 0.6 is 0 Å². The maximum absolute atomic E-state index is 11.8. The largest absolute Gasteiger partial charge is 0.382 e. The average molecular weight is 254 g/mol. The SMILES string of the molecule is CNc1cncc(C(=O)NCC(COC)OC)n1. The molecule has 0 bridgehead atoms. The molecule has 1 aromatic rings. The van der Waals surface area contributed by atoms with Crippen molar-refractivity contribution in [3.05, 3.63) is 18.1 Å². The molecule has 1 atom stereocenters. The molecule has 7 nitrogen and oxygen atoms in total. The topological polar surface area (TPSA) is 85.4 Å². The second-order valence-corrected chi connectivity index (χ2v) is 3.56. The van der Waals surface area contributed by atoms with E-state index < -0.39 is 0 Å². The smallest absolute Gasteiger partial charge is 0.271 e. The Bertz CT molecular complexity index is 386. The Hall–Kier alpha value is -1.73. The summed E-state index contributed by atoms with van der Waals surface area (Å²) in [4.78, 5) is 19.8. The molecule has 18 heavy (non-hydrogen) atoms. The van der Waals surface area contributed by atoms with Gasteiger partial charge in [-0.3, -0.25) is 9.78 Å². The number of amides is 1. The quantitative estimate of drug-likeness (QED) is 0.707. The van der Waals surface area contributed by atoms with Crippen LogP contribution in [0.4, 0.5) is 5.82 Å². The number of hydrogen-bond acceptors (Lipinski definition) is 6. The van der Waals surface area contributed by atoms with Gasteiger partial charge in [-0.15, -0.1) is 0 Å². The van der Waals surface area contributed by atoms with Crippen molar-refractivity contribution in [2.24, 2.45) is 0 Å². The molecule has 0 aliphatic heterocycles. The maximum atomic E-state index is 11.8. The Morgan fingerprint density at radius 2 is 2.22 bits per heavy atom. The summed E-state index contributed by atoms with van der Waals surface area (Å²) < 4.78 is 10.1. The summed E-state index contributed by atoms with van der Waals surface area (Å²) in [6, 6.07) is 0. The van der Waals surface area contributed by atoms with Crippen molar-refractivity contribution in [3.8, 4) is 0 Å². The van der Waals surface area contributed by atoms with Crippen molar-refractivity contribution < 1.29 is 14.3 Å². The second-order valence-electron chi connectivity index (χ2n) is 3.56. The van der Waals surface area contributed by atoms with Crippen LogP contribution in [0.1, 0.15) is 10.5 Å². The van der Waals surface area contributed by atoms with Gasteiger partial charge in [0.25, 0.3) is 5.91 Å². The van der Waals surface area contributed by atoms with Crippen molar-refractivity contribution in [3.63, 3.8) is 0 Å². The number of ether oxygens (including phenoxy) is 2. The minimum absolute atomic E-state index is 0.181. The van der Waals surface area contributed by atoms with E-state index in [0.717, 1.165) is 0 Å². The molecule has 1 unspecified atom stereocenters. The molecule has 100 valence electrons. The number of nitrogens with zero attached hydrogens (tertiary/aromatic N) is 2. The van der Waals surface area contributed by atoms with Gasteiger partial charge >= 0.3 is 0 Å². The summed E-state index contributed by atoms with van der Waals surface area (Å²) in [6.07, 6.45) is 2.77. The number of hydrogen-bond donors (Lipinski definition) is 2. The average Bonchev–Trinajstić information content (AvgIpc) is 2.43. The first-order chi connectivity index (χ1) is 8.71. The lowest BCUT2D eigenvalue weighted by Crippen LogP contribution is -2.36. The summed E-state index contributed by atoms with van der Waals surface area (Å²) in [6.45, 7) is 0.771. The van der Waals surface area contributed by atoms with E-state index in [9.17, 15) is 4.79 Å². The molecule has 0 saturated heterocycles. The molecular formula is C11H18N4O3. The van der Waals surface area contributed by atoms with Gasteiger partial charge < -0.3 is 20.1 Å². The number of carbonyl (C=O) groups is 1. The molecule has 0 radical (unpaired) electrons. The van der Waals surface area contributed by atoms with E-state index in [1.165, 1.54) is 6.20 Å². The van der Waals surface area contributed by atoms with Gasteiger partial charge in [-0.1, -0.05) is 0 Å². The lowest BCUT2D eigenvalue weighted by atomic mass is 10.3. The summed E-state index contributed by atoms with van der Waals surface area (Å²) >= 11 is 0. The van der Waals surface area contributed by atoms with E-state index in [0.29, 0.717) is 19.0 Å². The van der Waals surface area contributed by atoms with Crippen molar-refractivity contribution >= 4 is 11.7 Å². The third-order valence-electron chi connectivity index (χ3n) is 2.30. The number of aromatic nitrogens is 2.